The molecular formula is C17H10BrNO4. The van der Waals surface area contributed by atoms with Crippen LogP contribution in [-0.2, 0) is 0 Å². The van der Waals surface area contributed by atoms with E-state index in [4.69, 9.17) is 4.42 Å². The lowest BCUT2D eigenvalue weighted by molar-refractivity contribution is 0.0938. The first-order valence-corrected chi connectivity index (χ1v) is 7.70. The van der Waals surface area contributed by atoms with E-state index in [9.17, 15) is 14.7 Å². The molecule has 1 amide bonds. The van der Waals surface area contributed by atoms with Gasteiger partial charge in [-0.2, -0.15) is 0 Å². The number of carbonyl (C=O) groups excluding carboxylic acids is 1. The van der Waals surface area contributed by atoms with Crippen molar-refractivity contribution >= 4 is 32.8 Å². The summed E-state index contributed by atoms with van der Waals surface area (Å²) in [5.74, 6) is -0.341. The van der Waals surface area contributed by atoms with Crippen molar-refractivity contribution in [3.8, 4) is 5.75 Å². The van der Waals surface area contributed by atoms with E-state index in [1.54, 1.807) is 30.3 Å². The fourth-order valence-electron chi connectivity index (χ4n) is 2.84. The predicted octanol–water partition coefficient (Wildman–Crippen LogP) is 3.09. The predicted molar refractivity (Wildman–Crippen MR) is 87.6 cm³/mol. The standard InChI is InChI=1S/C17H10BrNO4/c18-9-4-5-12-11(7-9)15(21)13-14(19-17(22)16(13)23-12)8-2-1-3-10(20)6-8/h1-7,14,20H,(H,19,22)/t14-/m1/s1. The smallest absolute Gasteiger partial charge is 0.288 e. The van der Waals surface area contributed by atoms with Crippen LogP contribution in [0.5, 0.6) is 5.75 Å². The molecule has 114 valence electrons. The molecule has 1 aliphatic rings. The van der Waals surface area contributed by atoms with Gasteiger partial charge in [0.25, 0.3) is 5.91 Å². The summed E-state index contributed by atoms with van der Waals surface area (Å²) in [6.07, 6.45) is 0. The van der Waals surface area contributed by atoms with E-state index in [-0.39, 0.29) is 22.5 Å². The normalized spacial score (nSPS) is 16.4. The van der Waals surface area contributed by atoms with Gasteiger partial charge in [-0.1, -0.05) is 28.1 Å². The van der Waals surface area contributed by atoms with Gasteiger partial charge in [0.2, 0.25) is 5.76 Å². The Morgan fingerprint density at radius 2 is 1.96 bits per heavy atom. The lowest BCUT2D eigenvalue weighted by atomic mass is 9.99. The largest absolute Gasteiger partial charge is 0.508 e. The second kappa shape index (κ2) is 4.96. The molecule has 0 saturated carbocycles. The number of halogens is 1. The van der Waals surface area contributed by atoms with Gasteiger partial charge in [-0.15, -0.1) is 0 Å². The van der Waals surface area contributed by atoms with Gasteiger partial charge < -0.3 is 14.8 Å². The van der Waals surface area contributed by atoms with Crippen molar-refractivity contribution in [1.82, 2.24) is 5.32 Å². The minimum atomic E-state index is -0.635. The van der Waals surface area contributed by atoms with E-state index in [1.165, 1.54) is 12.1 Å². The highest BCUT2D eigenvalue weighted by Crippen LogP contribution is 2.32. The number of hydrogen-bond acceptors (Lipinski definition) is 4. The summed E-state index contributed by atoms with van der Waals surface area (Å²) < 4.78 is 6.39. The monoisotopic (exact) mass is 371 g/mol. The third kappa shape index (κ3) is 2.14. The Kier molecular flexibility index (Phi) is 3.02. The molecule has 0 spiro atoms. The highest BCUT2D eigenvalue weighted by atomic mass is 79.9. The Balaban J connectivity index is 2.01. The second-order valence-corrected chi connectivity index (χ2v) is 6.23. The van der Waals surface area contributed by atoms with Gasteiger partial charge >= 0.3 is 0 Å². The van der Waals surface area contributed by atoms with Crippen molar-refractivity contribution in [2.45, 2.75) is 6.04 Å². The van der Waals surface area contributed by atoms with E-state index >= 15 is 0 Å². The fraction of sp³-hybridized carbons (Fsp3) is 0.0588. The summed E-state index contributed by atoms with van der Waals surface area (Å²) in [6, 6.07) is 10.9. The first kappa shape index (κ1) is 14.0. The number of rotatable bonds is 1. The molecule has 23 heavy (non-hydrogen) atoms. The van der Waals surface area contributed by atoms with Gasteiger partial charge in [0.05, 0.1) is 17.0 Å². The molecule has 0 fully saturated rings. The van der Waals surface area contributed by atoms with Crippen LogP contribution in [0.2, 0.25) is 0 Å². The zero-order valence-corrected chi connectivity index (χ0v) is 13.3. The van der Waals surface area contributed by atoms with Gasteiger partial charge in [0.1, 0.15) is 11.3 Å². The maximum Gasteiger partial charge on any atom is 0.288 e. The van der Waals surface area contributed by atoms with Gasteiger partial charge in [0, 0.05) is 4.47 Å². The maximum absolute atomic E-state index is 12.9. The van der Waals surface area contributed by atoms with Crippen LogP contribution < -0.4 is 10.7 Å². The zero-order chi connectivity index (χ0) is 16.1. The quantitative estimate of drug-likeness (QED) is 0.688. The molecule has 0 aliphatic carbocycles. The number of phenols is 1. The number of amides is 1. The Hall–Kier alpha value is -2.60. The number of fused-ring (bicyclic) bond motifs is 2. The third-order valence-corrected chi connectivity index (χ3v) is 4.35. The highest BCUT2D eigenvalue weighted by molar-refractivity contribution is 9.10. The molecular weight excluding hydrogens is 362 g/mol. The molecule has 0 bridgehead atoms. The molecule has 3 aromatic rings. The maximum atomic E-state index is 12.9. The average molecular weight is 372 g/mol. The van der Waals surface area contributed by atoms with E-state index < -0.39 is 11.9 Å². The first-order chi connectivity index (χ1) is 11.0. The fourth-order valence-corrected chi connectivity index (χ4v) is 3.20. The molecule has 2 aromatic carbocycles. The molecule has 0 saturated heterocycles. The number of hydrogen-bond donors (Lipinski definition) is 2. The number of phenolic OH excluding ortho intramolecular Hbond substituents is 1. The Morgan fingerprint density at radius 1 is 1.13 bits per heavy atom. The van der Waals surface area contributed by atoms with Crippen LogP contribution in [0.1, 0.15) is 27.7 Å². The van der Waals surface area contributed by atoms with Crippen LogP contribution in [0.25, 0.3) is 11.0 Å². The number of benzene rings is 2. The average Bonchev–Trinajstić information content (AvgIpc) is 2.86. The SMILES string of the molecule is O=C1N[C@H](c2cccc(O)c2)c2c1oc1ccc(Br)cc1c2=O. The summed E-state index contributed by atoms with van der Waals surface area (Å²) in [5.41, 5.74) is 1.00. The molecule has 6 heteroatoms. The molecule has 0 radical (unpaired) electrons. The number of nitrogens with one attached hydrogen (secondary N) is 1. The second-order valence-electron chi connectivity index (χ2n) is 5.32. The van der Waals surface area contributed by atoms with Crippen LogP contribution in [0.15, 0.2) is 56.1 Å². The van der Waals surface area contributed by atoms with Crippen molar-refractivity contribution in [1.29, 1.82) is 0 Å². The van der Waals surface area contributed by atoms with E-state index in [0.29, 0.717) is 16.5 Å². The molecule has 2 N–H and O–H groups in total. The van der Waals surface area contributed by atoms with Gasteiger partial charge in [-0.3, -0.25) is 9.59 Å². The van der Waals surface area contributed by atoms with Gasteiger partial charge in [0.15, 0.2) is 5.43 Å². The topological polar surface area (TPSA) is 79.5 Å². The summed E-state index contributed by atoms with van der Waals surface area (Å²) in [6.45, 7) is 0. The Morgan fingerprint density at radius 3 is 2.74 bits per heavy atom. The minimum absolute atomic E-state index is 0.0261. The number of carbonyl (C=O) groups is 1. The van der Waals surface area contributed by atoms with Crippen molar-refractivity contribution < 1.29 is 14.3 Å². The molecule has 0 unspecified atom stereocenters. The van der Waals surface area contributed by atoms with Crippen molar-refractivity contribution in [3.05, 3.63) is 74.0 Å². The third-order valence-electron chi connectivity index (χ3n) is 3.86. The van der Waals surface area contributed by atoms with E-state index in [0.717, 1.165) is 4.47 Å². The zero-order valence-electron chi connectivity index (χ0n) is 11.7. The first-order valence-electron chi connectivity index (χ1n) is 6.90. The van der Waals surface area contributed by atoms with E-state index in [1.807, 2.05) is 0 Å². The van der Waals surface area contributed by atoms with Crippen LogP contribution in [-0.4, -0.2) is 11.0 Å². The molecule has 1 aromatic heterocycles. The van der Waals surface area contributed by atoms with Gasteiger partial charge in [-0.25, -0.2) is 0 Å². The Bertz CT molecular complexity index is 1020. The van der Waals surface area contributed by atoms with Crippen LogP contribution in [0.3, 0.4) is 0 Å². The Labute approximate surface area is 138 Å². The summed E-state index contributed by atoms with van der Waals surface area (Å²) >= 11 is 3.33. The summed E-state index contributed by atoms with van der Waals surface area (Å²) in [5, 5.41) is 12.8. The van der Waals surface area contributed by atoms with E-state index in [2.05, 4.69) is 21.2 Å². The summed E-state index contributed by atoms with van der Waals surface area (Å²) in [7, 11) is 0. The van der Waals surface area contributed by atoms with Crippen molar-refractivity contribution in [2.75, 3.05) is 0 Å². The number of aromatic hydroxyl groups is 1. The summed E-state index contributed by atoms with van der Waals surface area (Å²) in [4.78, 5) is 25.0. The minimum Gasteiger partial charge on any atom is -0.508 e. The molecule has 1 aliphatic heterocycles. The van der Waals surface area contributed by atoms with Crippen LogP contribution in [0.4, 0.5) is 0 Å². The molecule has 1 atom stereocenters. The van der Waals surface area contributed by atoms with Crippen molar-refractivity contribution in [2.24, 2.45) is 0 Å². The molecule has 2 heterocycles. The molecule has 5 nitrogen and oxygen atoms in total. The van der Waals surface area contributed by atoms with Crippen LogP contribution >= 0.6 is 15.9 Å². The van der Waals surface area contributed by atoms with Crippen molar-refractivity contribution in [3.63, 3.8) is 0 Å². The lowest BCUT2D eigenvalue weighted by Crippen LogP contribution is -2.21. The van der Waals surface area contributed by atoms with Gasteiger partial charge in [-0.05, 0) is 35.9 Å². The lowest BCUT2D eigenvalue weighted by Gasteiger charge is -2.11. The highest BCUT2D eigenvalue weighted by Gasteiger charge is 2.35. The van der Waals surface area contributed by atoms with Crippen LogP contribution in [0, 0.1) is 0 Å². The molecule has 4 rings (SSSR count).